The summed E-state index contributed by atoms with van der Waals surface area (Å²) in [6, 6.07) is 3.65. The van der Waals surface area contributed by atoms with Crippen molar-refractivity contribution in [2.24, 2.45) is 10.8 Å². The lowest BCUT2D eigenvalue weighted by Gasteiger charge is -2.39. The molecule has 2 bridgehead atoms. The second-order valence-electron chi connectivity index (χ2n) is 8.44. The maximum Gasteiger partial charge on any atom is 0.340 e. The van der Waals surface area contributed by atoms with Crippen LogP contribution >= 0.6 is 11.6 Å². The predicted octanol–water partition coefficient (Wildman–Crippen LogP) is 4.06. The van der Waals surface area contributed by atoms with Gasteiger partial charge in [-0.2, -0.15) is 0 Å². The maximum absolute atomic E-state index is 13.1. The molecular weight excluding hydrogens is 345 g/mol. The van der Waals surface area contributed by atoms with Gasteiger partial charge in [-0.1, -0.05) is 32.4 Å². The number of likely N-dealkylation sites (tertiary alicyclic amines) is 1. The van der Waals surface area contributed by atoms with Crippen molar-refractivity contribution in [3.05, 3.63) is 34.6 Å². The average molecular weight is 368 g/mol. The third kappa shape index (κ3) is 3.81. The number of carbonyl (C=O) groups is 2. The Morgan fingerprint density at radius 1 is 1.32 bits per heavy atom. The minimum Gasteiger partial charge on any atom is -0.452 e. The van der Waals surface area contributed by atoms with Crippen LogP contribution in [0, 0.1) is 16.6 Å². The molecule has 2 fully saturated rings. The van der Waals surface area contributed by atoms with Crippen LogP contribution in [-0.2, 0) is 9.53 Å². The maximum atomic E-state index is 13.1. The molecule has 136 valence electrons. The van der Waals surface area contributed by atoms with E-state index in [4.69, 9.17) is 16.3 Å². The number of hydrogen-bond donors (Lipinski definition) is 0. The van der Waals surface area contributed by atoms with Gasteiger partial charge in [0.1, 0.15) is 5.82 Å². The van der Waals surface area contributed by atoms with Crippen LogP contribution in [0.15, 0.2) is 18.2 Å². The highest BCUT2D eigenvalue weighted by molar-refractivity contribution is 6.33. The summed E-state index contributed by atoms with van der Waals surface area (Å²) in [6.07, 6.45) is 3.05. The number of rotatable bonds is 3. The van der Waals surface area contributed by atoms with Crippen molar-refractivity contribution in [1.29, 1.82) is 0 Å². The van der Waals surface area contributed by atoms with Crippen LogP contribution in [0.1, 0.15) is 50.4 Å². The zero-order valence-electron chi connectivity index (χ0n) is 14.8. The first-order valence-corrected chi connectivity index (χ1v) is 8.88. The minimum absolute atomic E-state index is 0.0243. The molecule has 1 heterocycles. The van der Waals surface area contributed by atoms with Crippen molar-refractivity contribution >= 4 is 23.5 Å². The average Bonchev–Trinajstić information content (AvgIpc) is 2.73. The van der Waals surface area contributed by atoms with Gasteiger partial charge in [-0.15, -0.1) is 0 Å². The van der Waals surface area contributed by atoms with Crippen molar-refractivity contribution in [3.8, 4) is 0 Å². The molecule has 1 saturated heterocycles. The molecule has 2 aliphatic rings. The van der Waals surface area contributed by atoms with E-state index in [0.717, 1.165) is 31.4 Å². The Hall–Kier alpha value is -1.62. The molecule has 0 N–H and O–H groups in total. The third-order valence-electron chi connectivity index (χ3n) is 5.21. The second kappa shape index (κ2) is 6.27. The lowest BCUT2D eigenvalue weighted by Crippen LogP contribution is -2.39. The van der Waals surface area contributed by atoms with Gasteiger partial charge < -0.3 is 9.64 Å². The molecule has 1 aliphatic carbocycles. The van der Waals surface area contributed by atoms with E-state index in [-0.39, 0.29) is 40.0 Å². The summed E-state index contributed by atoms with van der Waals surface area (Å²) < 4.78 is 18.2. The number of hydrogen-bond acceptors (Lipinski definition) is 3. The number of benzene rings is 1. The molecular formula is C19H23ClFNO3. The number of esters is 1. The van der Waals surface area contributed by atoms with Crippen molar-refractivity contribution in [2.75, 3.05) is 13.2 Å². The van der Waals surface area contributed by atoms with Crippen LogP contribution in [0.5, 0.6) is 0 Å². The van der Waals surface area contributed by atoms with Crippen molar-refractivity contribution in [3.63, 3.8) is 0 Å². The Labute approximate surface area is 152 Å². The highest BCUT2D eigenvalue weighted by atomic mass is 35.5. The van der Waals surface area contributed by atoms with Crippen LogP contribution in [0.2, 0.25) is 5.02 Å². The summed E-state index contributed by atoms with van der Waals surface area (Å²) in [5.74, 6) is -1.43. The number of ether oxygens (including phenoxy) is 1. The zero-order valence-corrected chi connectivity index (χ0v) is 15.5. The molecule has 0 unspecified atom stereocenters. The smallest absolute Gasteiger partial charge is 0.340 e. The van der Waals surface area contributed by atoms with Crippen molar-refractivity contribution < 1.29 is 18.7 Å². The SMILES string of the molecule is CC1(C)C[C@@H]2C[C@](C)(CN2C(=O)COC(=O)c2ccc(F)cc2Cl)C1. The molecule has 4 nitrogen and oxygen atoms in total. The van der Waals surface area contributed by atoms with E-state index in [1.165, 1.54) is 6.07 Å². The van der Waals surface area contributed by atoms with Gasteiger partial charge in [0.05, 0.1) is 10.6 Å². The van der Waals surface area contributed by atoms with E-state index in [2.05, 4.69) is 20.8 Å². The summed E-state index contributed by atoms with van der Waals surface area (Å²) in [4.78, 5) is 26.5. The van der Waals surface area contributed by atoms with Crippen LogP contribution < -0.4 is 0 Å². The molecule has 3 rings (SSSR count). The van der Waals surface area contributed by atoms with E-state index < -0.39 is 11.8 Å². The first-order valence-electron chi connectivity index (χ1n) is 8.50. The van der Waals surface area contributed by atoms with E-state index in [9.17, 15) is 14.0 Å². The zero-order chi connectivity index (χ0) is 18.4. The Balaban J connectivity index is 1.62. The van der Waals surface area contributed by atoms with Crippen LogP contribution in [0.3, 0.4) is 0 Å². The summed E-state index contributed by atoms with van der Waals surface area (Å²) in [5, 5.41) is -0.0243. The topological polar surface area (TPSA) is 46.6 Å². The Morgan fingerprint density at radius 2 is 2.04 bits per heavy atom. The Morgan fingerprint density at radius 3 is 2.72 bits per heavy atom. The number of nitrogens with zero attached hydrogens (tertiary/aromatic N) is 1. The van der Waals surface area contributed by atoms with Crippen LogP contribution in [0.25, 0.3) is 0 Å². The van der Waals surface area contributed by atoms with E-state index >= 15 is 0 Å². The predicted molar refractivity (Wildman–Crippen MR) is 92.9 cm³/mol. The molecule has 0 spiro atoms. The third-order valence-corrected chi connectivity index (χ3v) is 5.53. The van der Waals surface area contributed by atoms with Gasteiger partial charge in [-0.3, -0.25) is 4.79 Å². The largest absolute Gasteiger partial charge is 0.452 e. The molecule has 1 aromatic rings. The lowest BCUT2D eigenvalue weighted by atomic mass is 9.65. The molecule has 1 aliphatic heterocycles. The molecule has 2 atom stereocenters. The van der Waals surface area contributed by atoms with Crippen LogP contribution in [0.4, 0.5) is 4.39 Å². The highest BCUT2D eigenvalue weighted by Gasteiger charge is 2.50. The number of halogens is 2. The van der Waals surface area contributed by atoms with Gasteiger partial charge in [-0.05, 0) is 48.3 Å². The second-order valence-corrected chi connectivity index (χ2v) is 8.84. The van der Waals surface area contributed by atoms with Crippen LogP contribution in [-0.4, -0.2) is 36.0 Å². The van der Waals surface area contributed by atoms with E-state index in [1.807, 2.05) is 4.90 Å². The van der Waals surface area contributed by atoms with Crippen molar-refractivity contribution in [2.45, 2.75) is 46.1 Å². The Kier molecular flexibility index (Phi) is 4.56. The molecule has 0 aromatic heterocycles. The minimum atomic E-state index is -0.716. The molecule has 1 amide bonds. The summed E-state index contributed by atoms with van der Waals surface area (Å²) in [5.41, 5.74) is 0.404. The first kappa shape index (κ1) is 18.2. The number of fused-ring (bicyclic) bond motifs is 2. The molecule has 1 saturated carbocycles. The fourth-order valence-electron chi connectivity index (χ4n) is 4.69. The fraction of sp³-hybridized carbons (Fsp3) is 0.579. The molecule has 6 heteroatoms. The monoisotopic (exact) mass is 367 g/mol. The molecule has 0 radical (unpaired) electrons. The van der Waals surface area contributed by atoms with Gasteiger partial charge in [0, 0.05) is 12.6 Å². The lowest BCUT2D eigenvalue weighted by molar-refractivity contribution is -0.135. The first-order chi connectivity index (χ1) is 11.6. The van der Waals surface area contributed by atoms with Gasteiger partial charge in [0.25, 0.3) is 5.91 Å². The normalized spacial score (nSPS) is 27.2. The van der Waals surface area contributed by atoms with Gasteiger partial charge in [-0.25, -0.2) is 9.18 Å². The quantitative estimate of drug-likeness (QED) is 0.757. The molecule has 25 heavy (non-hydrogen) atoms. The van der Waals surface area contributed by atoms with Gasteiger partial charge >= 0.3 is 5.97 Å². The summed E-state index contributed by atoms with van der Waals surface area (Å²) in [6.45, 7) is 7.08. The fourth-order valence-corrected chi connectivity index (χ4v) is 4.94. The Bertz CT molecular complexity index is 721. The van der Waals surface area contributed by atoms with E-state index in [1.54, 1.807) is 0 Å². The van der Waals surface area contributed by atoms with E-state index in [0.29, 0.717) is 6.54 Å². The molecule has 1 aromatic carbocycles. The number of amides is 1. The van der Waals surface area contributed by atoms with Gasteiger partial charge in [0.2, 0.25) is 0 Å². The number of carbonyl (C=O) groups excluding carboxylic acids is 2. The summed E-state index contributed by atoms with van der Waals surface area (Å²) >= 11 is 5.85. The highest BCUT2D eigenvalue weighted by Crippen LogP contribution is 2.52. The van der Waals surface area contributed by atoms with Crippen molar-refractivity contribution in [1.82, 2.24) is 4.90 Å². The van der Waals surface area contributed by atoms with Gasteiger partial charge in [0.15, 0.2) is 6.61 Å². The standard InChI is InChI=1S/C19H23ClFNO3/c1-18(2)7-13-8-19(3,10-18)11-22(13)16(23)9-25-17(24)14-5-4-12(21)6-15(14)20/h4-6,13H,7-11H2,1-3H3/t13-,19+/m1/s1. The summed E-state index contributed by atoms with van der Waals surface area (Å²) in [7, 11) is 0.